The van der Waals surface area contributed by atoms with Gasteiger partial charge in [0.1, 0.15) is 0 Å². The first-order valence-corrected chi connectivity index (χ1v) is 17.5. The van der Waals surface area contributed by atoms with E-state index in [9.17, 15) is 0 Å². The van der Waals surface area contributed by atoms with E-state index in [1.165, 1.54) is 5.19 Å². The van der Waals surface area contributed by atoms with Crippen LogP contribution < -0.4 is 5.19 Å². The monoisotopic (exact) mass is 452 g/mol. The van der Waals surface area contributed by atoms with Crippen LogP contribution in [0, 0.1) is 0 Å². The second-order valence-corrected chi connectivity index (χ2v) is 24.2. The molecule has 0 saturated heterocycles. The zero-order valence-electron chi connectivity index (χ0n) is 21.2. The molecular formula is C24H48O2Si3. The lowest BCUT2D eigenvalue weighted by atomic mass is 10.4. The third-order valence-corrected chi connectivity index (χ3v) is 23.8. The molecule has 0 atom stereocenters. The van der Waals surface area contributed by atoms with Crippen LogP contribution in [0.15, 0.2) is 30.3 Å². The molecule has 0 bridgehead atoms. The molecule has 0 aliphatic heterocycles. The van der Waals surface area contributed by atoms with Gasteiger partial charge in [0.15, 0.2) is 16.6 Å². The van der Waals surface area contributed by atoms with Gasteiger partial charge in [0, 0.05) is 0 Å². The number of rotatable bonds is 11. The molecule has 0 saturated carbocycles. The Morgan fingerprint density at radius 3 is 1.03 bits per heavy atom. The Hall–Kier alpha value is -0.209. The van der Waals surface area contributed by atoms with E-state index < -0.39 is 25.9 Å². The predicted octanol–water partition coefficient (Wildman–Crippen LogP) is 7.50. The minimum Gasteiger partial charge on any atom is -0.434 e. The van der Waals surface area contributed by atoms with E-state index in [0.29, 0.717) is 33.2 Å². The molecule has 1 rings (SSSR count). The van der Waals surface area contributed by atoms with Crippen LogP contribution in [0.3, 0.4) is 0 Å². The first-order valence-electron chi connectivity index (χ1n) is 11.7. The lowest BCUT2D eigenvalue weighted by Gasteiger charge is -2.49. The van der Waals surface area contributed by atoms with Crippen molar-refractivity contribution < 1.29 is 8.23 Å². The molecule has 0 unspecified atom stereocenters. The van der Waals surface area contributed by atoms with Crippen molar-refractivity contribution in [2.75, 3.05) is 0 Å². The van der Waals surface area contributed by atoms with Crippen LogP contribution in [0.1, 0.15) is 83.1 Å². The van der Waals surface area contributed by atoms with Gasteiger partial charge in [-0.05, 0) is 38.4 Å². The molecule has 0 spiro atoms. The van der Waals surface area contributed by atoms with Crippen molar-refractivity contribution in [3.05, 3.63) is 30.3 Å². The van der Waals surface area contributed by atoms with E-state index in [0.717, 1.165) is 0 Å². The molecule has 0 aliphatic carbocycles. The molecule has 1 aromatic rings. The largest absolute Gasteiger partial charge is 0.434 e. The Morgan fingerprint density at radius 1 is 0.517 bits per heavy atom. The van der Waals surface area contributed by atoms with E-state index in [2.05, 4.69) is 113 Å². The van der Waals surface area contributed by atoms with Gasteiger partial charge in [-0.3, -0.25) is 0 Å². The molecule has 2 nitrogen and oxygen atoms in total. The average molecular weight is 453 g/mol. The van der Waals surface area contributed by atoms with Crippen molar-refractivity contribution in [1.29, 1.82) is 0 Å². The zero-order chi connectivity index (χ0) is 22.6. The number of hydrogen-bond acceptors (Lipinski definition) is 2. The summed E-state index contributed by atoms with van der Waals surface area (Å²) in [5.74, 6) is 0. The fourth-order valence-electron chi connectivity index (χ4n) is 5.96. The third kappa shape index (κ3) is 5.53. The lowest BCUT2D eigenvalue weighted by molar-refractivity contribution is 0.378. The highest BCUT2D eigenvalue weighted by atomic mass is 28.4. The molecule has 0 aromatic heterocycles. The van der Waals surface area contributed by atoms with Gasteiger partial charge in [0.05, 0.1) is 0 Å². The molecule has 0 aliphatic rings. The summed E-state index contributed by atoms with van der Waals surface area (Å²) in [5, 5.41) is 1.31. The van der Waals surface area contributed by atoms with Crippen molar-refractivity contribution in [3.63, 3.8) is 0 Å². The Kier molecular flexibility index (Phi) is 10.1. The summed E-state index contributed by atoms with van der Waals surface area (Å²) in [6.45, 7) is 28.5. The first-order chi connectivity index (χ1) is 13.3. The Labute approximate surface area is 185 Å². The Morgan fingerprint density at radius 2 is 0.793 bits per heavy atom. The highest BCUT2D eigenvalue weighted by Crippen LogP contribution is 2.46. The first kappa shape index (κ1) is 26.8. The molecule has 0 heterocycles. The maximum atomic E-state index is 7.40. The normalized spacial score (nSPS) is 13.9. The van der Waals surface area contributed by atoms with Crippen LogP contribution in [0.5, 0.6) is 0 Å². The minimum absolute atomic E-state index is 0.568. The number of hydrogen-bond donors (Lipinski definition) is 0. The van der Waals surface area contributed by atoms with Crippen molar-refractivity contribution in [1.82, 2.24) is 0 Å². The fraction of sp³-hybridized carbons (Fsp3) is 0.750. The van der Waals surface area contributed by atoms with E-state index in [1.54, 1.807) is 0 Å². The summed E-state index contributed by atoms with van der Waals surface area (Å²) >= 11 is 0. The van der Waals surface area contributed by atoms with Crippen LogP contribution in [0.25, 0.3) is 0 Å². The van der Waals surface area contributed by atoms with Crippen LogP contribution in [-0.2, 0) is 8.23 Å². The molecule has 29 heavy (non-hydrogen) atoms. The van der Waals surface area contributed by atoms with Crippen LogP contribution in [0.2, 0.25) is 33.2 Å². The van der Waals surface area contributed by atoms with Gasteiger partial charge in [-0.25, -0.2) is 0 Å². The van der Waals surface area contributed by atoms with Gasteiger partial charge >= 0.3 is 9.28 Å². The van der Waals surface area contributed by atoms with Crippen molar-refractivity contribution in [3.8, 4) is 0 Å². The SMILES string of the molecule is CC(C)[Si](O[SiH](O[Si](C(C)C)(C(C)C)C(C)C)c1ccccc1)(C(C)C)C(C)C. The predicted molar refractivity (Wildman–Crippen MR) is 137 cm³/mol. The summed E-state index contributed by atoms with van der Waals surface area (Å²) in [6.07, 6.45) is 0. The summed E-state index contributed by atoms with van der Waals surface area (Å²) in [5.41, 5.74) is 3.41. The smallest absolute Gasteiger partial charge is 0.335 e. The average Bonchev–Trinajstić information content (AvgIpc) is 2.60. The van der Waals surface area contributed by atoms with Crippen LogP contribution >= 0.6 is 0 Å². The highest BCUT2D eigenvalue weighted by molar-refractivity contribution is 6.89. The van der Waals surface area contributed by atoms with Gasteiger partial charge in [-0.15, -0.1) is 0 Å². The molecule has 1 aromatic carbocycles. The van der Waals surface area contributed by atoms with Crippen LogP contribution in [-0.4, -0.2) is 25.9 Å². The Balaban J connectivity index is 3.57. The summed E-state index contributed by atoms with van der Waals surface area (Å²) in [7, 11) is -6.09. The van der Waals surface area contributed by atoms with E-state index in [1.807, 2.05) is 0 Å². The quantitative estimate of drug-likeness (QED) is 0.324. The van der Waals surface area contributed by atoms with Gasteiger partial charge in [0.25, 0.3) is 0 Å². The highest BCUT2D eigenvalue weighted by Gasteiger charge is 2.51. The molecule has 0 fully saturated rings. The minimum atomic E-state index is -2.06. The van der Waals surface area contributed by atoms with Gasteiger partial charge in [-0.2, -0.15) is 0 Å². The van der Waals surface area contributed by atoms with E-state index in [-0.39, 0.29) is 0 Å². The summed E-state index contributed by atoms with van der Waals surface area (Å²) in [6, 6.07) is 10.9. The maximum Gasteiger partial charge on any atom is 0.335 e. The number of benzene rings is 1. The molecule has 0 amide bonds. The molecule has 0 N–H and O–H groups in total. The van der Waals surface area contributed by atoms with Crippen LogP contribution in [0.4, 0.5) is 0 Å². The van der Waals surface area contributed by atoms with Crippen molar-refractivity contribution in [2.45, 2.75) is 116 Å². The molecule has 0 radical (unpaired) electrons. The van der Waals surface area contributed by atoms with Gasteiger partial charge < -0.3 is 8.23 Å². The Bertz CT molecular complexity index is 520. The standard InChI is InChI=1S/C24H48O2Si3/c1-18(2)28(19(3)4,20(5)6)25-27(24-16-14-13-15-17-24)26-29(21(7)8,22(9)10)23(11)12/h13-23,27H,1-12H3. The lowest BCUT2D eigenvalue weighted by Crippen LogP contribution is -2.60. The van der Waals surface area contributed by atoms with E-state index >= 15 is 0 Å². The van der Waals surface area contributed by atoms with Gasteiger partial charge in [0.2, 0.25) is 0 Å². The zero-order valence-corrected chi connectivity index (χ0v) is 24.4. The molecular weight excluding hydrogens is 405 g/mol. The second-order valence-electron chi connectivity index (χ2n) is 10.6. The summed E-state index contributed by atoms with van der Waals surface area (Å²) < 4.78 is 14.8. The molecule has 5 heteroatoms. The third-order valence-electron chi connectivity index (χ3n) is 7.11. The fourth-order valence-corrected chi connectivity index (χ4v) is 25.7. The van der Waals surface area contributed by atoms with Crippen molar-refractivity contribution >= 4 is 31.1 Å². The van der Waals surface area contributed by atoms with Gasteiger partial charge in [-0.1, -0.05) is 113 Å². The second kappa shape index (κ2) is 10.9. The van der Waals surface area contributed by atoms with Crippen molar-refractivity contribution in [2.24, 2.45) is 0 Å². The molecule has 168 valence electrons. The maximum absolute atomic E-state index is 7.40. The summed E-state index contributed by atoms with van der Waals surface area (Å²) in [4.78, 5) is 0. The topological polar surface area (TPSA) is 18.5 Å². The van der Waals surface area contributed by atoms with E-state index in [4.69, 9.17) is 8.23 Å².